The van der Waals surface area contributed by atoms with Crippen LogP contribution in [0.1, 0.15) is 16.8 Å². The lowest BCUT2D eigenvalue weighted by Crippen LogP contribution is -2.39. The summed E-state index contributed by atoms with van der Waals surface area (Å²) in [5.74, 6) is 0.398. The molecule has 2 aliphatic rings. The Hall–Kier alpha value is -1.33. The van der Waals surface area contributed by atoms with Crippen molar-refractivity contribution in [2.24, 2.45) is 11.8 Å². The molecule has 1 aromatic rings. The molecular weight excluding hydrogens is 256 g/mol. The van der Waals surface area contributed by atoms with Crippen LogP contribution in [0.15, 0.2) is 12.3 Å². The van der Waals surface area contributed by atoms with Crippen molar-refractivity contribution in [3.63, 3.8) is 0 Å². The summed E-state index contributed by atoms with van der Waals surface area (Å²) in [7, 11) is 0. The van der Waals surface area contributed by atoms with Crippen molar-refractivity contribution in [3.05, 3.63) is 22.8 Å². The third-order valence-electron chi connectivity index (χ3n) is 3.90. The Morgan fingerprint density at radius 1 is 1.50 bits per heavy atom. The number of rotatable bonds is 2. The Balaban J connectivity index is 1.83. The molecule has 3 atom stereocenters. The number of fused-ring (bicyclic) bond motifs is 1. The summed E-state index contributed by atoms with van der Waals surface area (Å²) in [5.41, 5.74) is 0.0888. The SMILES string of the molecule is O=C(O)c1cnc(N2C[C@H]3C[C@H](O)[C@H]3C2)c(Cl)c1. The van der Waals surface area contributed by atoms with Crippen LogP contribution in [0.3, 0.4) is 0 Å². The Morgan fingerprint density at radius 2 is 2.28 bits per heavy atom. The second kappa shape index (κ2) is 4.10. The van der Waals surface area contributed by atoms with Gasteiger partial charge in [0, 0.05) is 25.2 Å². The van der Waals surface area contributed by atoms with Gasteiger partial charge in [0.1, 0.15) is 5.82 Å². The minimum Gasteiger partial charge on any atom is -0.478 e. The van der Waals surface area contributed by atoms with Crippen LogP contribution in [0.2, 0.25) is 5.02 Å². The minimum absolute atomic E-state index is 0.0888. The smallest absolute Gasteiger partial charge is 0.337 e. The monoisotopic (exact) mass is 268 g/mol. The van der Waals surface area contributed by atoms with Gasteiger partial charge in [-0.3, -0.25) is 0 Å². The first-order valence-corrected chi connectivity index (χ1v) is 6.26. The summed E-state index contributed by atoms with van der Waals surface area (Å²) in [6.07, 6.45) is 1.95. The predicted octanol–water partition coefficient (Wildman–Crippen LogP) is 1.25. The van der Waals surface area contributed by atoms with Gasteiger partial charge in [0.25, 0.3) is 0 Å². The second-order valence-electron chi connectivity index (χ2n) is 4.97. The van der Waals surface area contributed by atoms with E-state index in [1.807, 2.05) is 4.90 Å². The van der Waals surface area contributed by atoms with Crippen LogP contribution in [0.25, 0.3) is 0 Å². The van der Waals surface area contributed by atoms with E-state index in [9.17, 15) is 9.90 Å². The summed E-state index contributed by atoms with van der Waals surface area (Å²) >= 11 is 6.08. The fourth-order valence-electron chi connectivity index (χ4n) is 2.82. The third-order valence-corrected chi connectivity index (χ3v) is 4.18. The van der Waals surface area contributed by atoms with Gasteiger partial charge in [-0.15, -0.1) is 0 Å². The fourth-order valence-corrected chi connectivity index (χ4v) is 3.11. The molecule has 3 rings (SSSR count). The maximum Gasteiger partial charge on any atom is 0.337 e. The molecule has 1 aromatic heterocycles. The lowest BCUT2D eigenvalue weighted by Gasteiger charge is -2.34. The molecule has 1 saturated heterocycles. The molecule has 0 amide bonds. The van der Waals surface area contributed by atoms with Crippen LogP contribution in [0.5, 0.6) is 0 Å². The number of hydrogen-bond acceptors (Lipinski definition) is 4. The molecule has 6 heteroatoms. The maximum absolute atomic E-state index is 10.8. The zero-order valence-electron chi connectivity index (χ0n) is 9.58. The van der Waals surface area contributed by atoms with Crippen molar-refractivity contribution in [3.8, 4) is 0 Å². The molecule has 0 bridgehead atoms. The van der Waals surface area contributed by atoms with E-state index < -0.39 is 5.97 Å². The quantitative estimate of drug-likeness (QED) is 0.844. The molecule has 2 fully saturated rings. The van der Waals surface area contributed by atoms with E-state index in [1.54, 1.807) is 0 Å². The van der Waals surface area contributed by atoms with Crippen molar-refractivity contribution in [2.75, 3.05) is 18.0 Å². The summed E-state index contributed by atoms with van der Waals surface area (Å²) < 4.78 is 0. The van der Waals surface area contributed by atoms with Gasteiger partial charge >= 0.3 is 5.97 Å². The molecule has 0 spiro atoms. The Morgan fingerprint density at radius 3 is 2.83 bits per heavy atom. The highest BCUT2D eigenvalue weighted by Gasteiger charge is 2.46. The van der Waals surface area contributed by atoms with Crippen LogP contribution in [0.4, 0.5) is 5.82 Å². The highest BCUT2D eigenvalue weighted by molar-refractivity contribution is 6.33. The van der Waals surface area contributed by atoms with Crippen molar-refractivity contribution >= 4 is 23.4 Å². The molecule has 1 saturated carbocycles. The number of aromatic carboxylic acids is 1. The zero-order valence-corrected chi connectivity index (χ0v) is 10.3. The first-order valence-electron chi connectivity index (χ1n) is 5.88. The van der Waals surface area contributed by atoms with Crippen molar-refractivity contribution in [1.82, 2.24) is 4.98 Å². The Labute approximate surface area is 109 Å². The van der Waals surface area contributed by atoms with Crippen LogP contribution in [-0.4, -0.2) is 40.4 Å². The predicted molar refractivity (Wildman–Crippen MR) is 66.0 cm³/mol. The maximum atomic E-state index is 10.8. The number of carboxylic acids is 1. The average molecular weight is 269 g/mol. The summed E-state index contributed by atoms with van der Waals surface area (Å²) in [6, 6.07) is 1.42. The van der Waals surface area contributed by atoms with Gasteiger partial charge in [-0.2, -0.15) is 0 Å². The van der Waals surface area contributed by atoms with Crippen LogP contribution in [0, 0.1) is 11.8 Å². The van der Waals surface area contributed by atoms with Gasteiger partial charge in [0.05, 0.1) is 16.7 Å². The first kappa shape index (κ1) is 11.7. The summed E-state index contributed by atoms with van der Waals surface area (Å²) in [4.78, 5) is 17.0. The lowest BCUT2D eigenvalue weighted by molar-refractivity contribution is -0.00399. The largest absolute Gasteiger partial charge is 0.478 e. The fraction of sp³-hybridized carbons (Fsp3) is 0.500. The average Bonchev–Trinajstić information content (AvgIpc) is 2.66. The van der Waals surface area contributed by atoms with E-state index in [0.717, 1.165) is 19.5 Å². The Kier molecular flexibility index (Phi) is 2.68. The molecule has 18 heavy (non-hydrogen) atoms. The minimum atomic E-state index is -1.03. The number of nitrogens with zero attached hydrogens (tertiary/aromatic N) is 2. The van der Waals surface area contributed by atoms with E-state index in [4.69, 9.17) is 16.7 Å². The normalized spacial score (nSPS) is 29.9. The molecule has 0 unspecified atom stereocenters. The molecule has 0 aromatic carbocycles. The number of anilines is 1. The number of carboxylic acid groups (broad SMARTS) is 1. The molecule has 2 N–H and O–H groups in total. The van der Waals surface area contributed by atoms with Crippen molar-refractivity contribution in [2.45, 2.75) is 12.5 Å². The van der Waals surface area contributed by atoms with E-state index in [2.05, 4.69) is 4.98 Å². The van der Waals surface area contributed by atoms with Crippen LogP contribution in [-0.2, 0) is 0 Å². The van der Waals surface area contributed by atoms with Gasteiger partial charge in [-0.05, 0) is 18.4 Å². The summed E-state index contributed by atoms with van der Waals surface area (Å²) in [6.45, 7) is 1.58. The third kappa shape index (κ3) is 1.74. The zero-order chi connectivity index (χ0) is 12.9. The number of aliphatic hydroxyl groups is 1. The van der Waals surface area contributed by atoms with E-state index in [1.165, 1.54) is 12.3 Å². The van der Waals surface area contributed by atoms with Crippen LogP contribution >= 0.6 is 11.6 Å². The standard InChI is InChI=1S/C12H13ClN2O3/c13-9-1-6(12(17)18)3-14-11(9)15-4-7-2-10(16)8(7)5-15/h1,3,7-8,10,16H,2,4-5H2,(H,17,18)/t7-,8+,10+/m1/s1. The lowest BCUT2D eigenvalue weighted by atomic mass is 9.74. The van der Waals surface area contributed by atoms with Gasteiger partial charge in [-0.25, -0.2) is 9.78 Å². The molecule has 2 heterocycles. The molecule has 1 aliphatic heterocycles. The van der Waals surface area contributed by atoms with Crippen LogP contribution < -0.4 is 4.90 Å². The van der Waals surface area contributed by atoms with E-state index in [-0.39, 0.29) is 11.7 Å². The molecule has 1 aliphatic carbocycles. The topological polar surface area (TPSA) is 73.7 Å². The molecule has 0 radical (unpaired) electrons. The van der Waals surface area contributed by atoms with Gasteiger partial charge in [0.2, 0.25) is 0 Å². The highest BCUT2D eigenvalue weighted by atomic mass is 35.5. The van der Waals surface area contributed by atoms with Crippen molar-refractivity contribution in [1.29, 1.82) is 0 Å². The van der Waals surface area contributed by atoms with E-state index in [0.29, 0.717) is 22.7 Å². The van der Waals surface area contributed by atoms with Gasteiger partial charge < -0.3 is 15.1 Å². The first-order chi connectivity index (χ1) is 8.56. The molecular formula is C12H13ClN2O3. The second-order valence-corrected chi connectivity index (χ2v) is 5.37. The molecule has 96 valence electrons. The number of pyridine rings is 1. The van der Waals surface area contributed by atoms with E-state index >= 15 is 0 Å². The summed E-state index contributed by atoms with van der Waals surface area (Å²) in [5, 5.41) is 18.8. The van der Waals surface area contributed by atoms with Gasteiger partial charge in [0.15, 0.2) is 0 Å². The van der Waals surface area contributed by atoms with Crippen molar-refractivity contribution < 1.29 is 15.0 Å². The highest BCUT2D eigenvalue weighted by Crippen LogP contribution is 2.43. The number of carbonyl (C=O) groups is 1. The number of aliphatic hydroxyl groups excluding tert-OH is 1. The number of halogens is 1. The number of hydrogen-bond donors (Lipinski definition) is 2. The van der Waals surface area contributed by atoms with Gasteiger partial charge in [-0.1, -0.05) is 11.6 Å². The Bertz CT molecular complexity index is 508. The number of aromatic nitrogens is 1. The molecule has 5 nitrogen and oxygen atoms in total.